The van der Waals surface area contributed by atoms with Crippen LogP contribution in [0.3, 0.4) is 0 Å². The molecule has 5 heteroatoms. The summed E-state index contributed by atoms with van der Waals surface area (Å²) in [6, 6.07) is 7.93. The van der Waals surface area contributed by atoms with E-state index in [1.165, 1.54) is 6.07 Å². The van der Waals surface area contributed by atoms with Gasteiger partial charge >= 0.3 is 0 Å². The summed E-state index contributed by atoms with van der Waals surface area (Å²) in [5.74, 6) is 0. The average Bonchev–Trinajstić information content (AvgIpc) is 2.65. The zero-order valence-corrected chi connectivity index (χ0v) is 8.92. The lowest BCUT2D eigenvalue weighted by Crippen LogP contribution is -2.48. The van der Waals surface area contributed by atoms with Gasteiger partial charge in [-0.3, -0.25) is 0 Å². The number of rotatable bonds is 0. The molecule has 79 valence electrons. The van der Waals surface area contributed by atoms with Crippen molar-refractivity contribution in [3.05, 3.63) is 24.3 Å². The van der Waals surface area contributed by atoms with Gasteiger partial charge in [0.15, 0.2) is 0 Å². The van der Waals surface area contributed by atoms with Crippen LogP contribution in [-0.2, 0) is 10.0 Å². The van der Waals surface area contributed by atoms with Gasteiger partial charge in [0, 0.05) is 6.54 Å². The van der Waals surface area contributed by atoms with Gasteiger partial charge < -0.3 is 4.90 Å². The van der Waals surface area contributed by atoms with Crippen molar-refractivity contribution < 1.29 is 8.42 Å². The third-order valence-electron chi connectivity index (χ3n) is 2.95. The van der Waals surface area contributed by atoms with E-state index in [1.54, 1.807) is 6.07 Å². The van der Waals surface area contributed by atoms with E-state index in [0.717, 1.165) is 25.1 Å². The lowest BCUT2D eigenvalue weighted by Gasteiger charge is -2.33. The third kappa shape index (κ3) is 1.27. The fraction of sp³-hybridized carbons (Fsp3) is 0.400. The molecule has 1 N–H and O–H groups in total. The smallest absolute Gasteiger partial charge is 0.244 e. The molecule has 2 aliphatic heterocycles. The Bertz CT molecular complexity index is 498. The van der Waals surface area contributed by atoms with E-state index in [-0.39, 0.29) is 6.17 Å². The molecule has 0 amide bonds. The minimum absolute atomic E-state index is 0.0510. The Balaban J connectivity index is 2.23. The molecular weight excluding hydrogens is 212 g/mol. The molecule has 2 heterocycles. The molecule has 3 rings (SSSR count). The van der Waals surface area contributed by atoms with Crippen molar-refractivity contribution in [2.24, 2.45) is 0 Å². The number of hydrogen-bond donors (Lipinski definition) is 1. The SMILES string of the molecule is O=S1(=O)NC2CCCN2c2cc[c]cc21. The number of nitrogens with one attached hydrogen (secondary N) is 1. The predicted octanol–water partition coefficient (Wildman–Crippen LogP) is 0.705. The van der Waals surface area contributed by atoms with Crippen molar-refractivity contribution in [1.29, 1.82) is 0 Å². The largest absolute Gasteiger partial charge is 0.354 e. The van der Waals surface area contributed by atoms with E-state index in [1.807, 2.05) is 6.07 Å². The van der Waals surface area contributed by atoms with Crippen LogP contribution in [0.2, 0.25) is 0 Å². The van der Waals surface area contributed by atoms with Crippen LogP contribution in [0.15, 0.2) is 23.1 Å². The highest BCUT2D eigenvalue weighted by atomic mass is 32.2. The molecule has 0 spiro atoms. The molecule has 0 aliphatic carbocycles. The standard InChI is InChI=1S/C10H11N2O2S/c13-15(14)9-5-2-1-4-8(9)12-7-3-6-10(12)11-15/h1,4-5,10-11H,3,6-7H2. The minimum atomic E-state index is -3.32. The van der Waals surface area contributed by atoms with Crippen LogP contribution in [0.4, 0.5) is 5.69 Å². The van der Waals surface area contributed by atoms with Gasteiger partial charge in [-0.1, -0.05) is 6.07 Å². The second-order valence-corrected chi connectivity index (χ2v) is 5.55. The van der Waals surface area contributed by atoms with Gasteiger partial charge in [0.25, 0.3) is 0 Å². The Hall–Kier alpha value is -1.07. The number of hydrogen-bond acceptors (Lipinski definition) is 3. The van der Waals surface area contributed by atoms with Crippen LogP contribution in [0, 0.1) is 6.07 Å². The fourth-order valence-electron chi connectivity index (χ4n) is 2.28. The first-order valence-electron chi connectivity index (χ1n) is 4.97. The zero-order chi connectivity index (χ0) is 10.5. The van der Waals surface area contributed by atoms with Gasteiger partial charge in [-0.25, -0.2) is 8.42 Å². The maximum Gasteiger partial charge on any atom is 0.244 e. The average molecular weight is 223 g/mol. The van der Waals surface area contributed by atoms with Crippen LogP contribution in [0.5, 0.6) is 0 Å². The van der Waals surface area contributed by atoms with E-state index in [4.69, 9.17) is 0 Å². The summed E-state index contributed by atoms with van der Waals surface area (Å²) in [6.45, 7) is 0.921. The summed E-state index contributed by atoms with van der Waals surface area (Å²) in [6.07, 6.45) is 1.87. The van der Waals surface area contributed by atoms with Gasteiger partial charge in [-0.2, -0.15) is 4.72 Å². The first kappa shape index (κ1) is 9.18. The van der Waals surface area contributed by atoms with Crippen molar-refractivity contribution in [2.45, 2.75) is 23.9 Å². The molecule has 15 heavy (non-hydrogen) atoms. The monoisotopic (exact) mass is 223 g/mol. The lowest BCUT2D eigenvalue weighted by molar-refractivity contribution is 0.540. The van der Waals surface area contributed by atoms with Gasteiger partial charge in [0.2, 0.25) is 10.0 Å². The third-order valence-corrected chi connectivity index (χ3v) is 4.44. The summed E-state index contributed by atoms with van der Waals surface area (Å²) in [5, 5.41) is 0. The molecular formula is C10H11N2O2S. The fourth-order valence-corrected chi connectivity index (χ4v) is 3.69. The molecule has 0 aromatic heterocycles. The van der Waals surface area contributed by atoms with Gasteiger partial charge in [-0.05, 0) is 31.0 Å². The highest BCUT2D eigenvalue weighted by Crippen LogP contribution is 2.34. The van der Waals surface area contributed by atoms with Gasteiger partial charge in [0.05, 0.1) is 11.9 Å². The second-order valence-electron chi connectivity index (χ2n) is 3.87. The van der Waals surface area contributed by atoms with Gasteiger partial charge in [-0.15, -0.1) is 0 Å². The summed E-state index contributed by atoms with van der Waals surface area (Å²) >= 11 is 0. The molecule has 1 atom stereocenters. The summed E-state index contributed by atoms with van der Waals surface area (Å²) in [7, 11) is -3.32. The van der Waals surface area contributed by atoms with Crippen LogP contribution in [0.25, 0.3) is 0 Å². The Labute approximate surface area is 88.9 Å². The maximum atomic E-state index is 11.9. The summed E-state index contributed by atoms with van der Waals surface area (Å²) in [4.78, 5) is 2.47. The van der Waals surface area contributed by atoms with E-state index in [2.05, 4.69) is 15.7 Å². The molecule has 1 saturated heterocycles. The van der Waals surface area contributed by atoms with E-state index in [0.29, 0.717) is 4.90 Å². The van der Waals surface area contributed by atoms with Crippen molar-refractivity contribution >= 4 is 15.7 Å². The van der Waals surface area contributed by atoms with E-state index >= 15 is 0 Å². The Morgan fingerprint density at radius 3 is 3.27 bits per heavy atom. The highest BCUT2D eigenvalue weighted by Gasteiger charge is 2.37. The topological polar surface area (TPSA) is 49.4 Å². The molecule has 1 fully saturated rings. The van der Waals surface area contributed by atoms with E-state index < -0.39 is 10.0 Å². The lowest BCUT2D eigenvalue weighted by atomic mass is 10.3. The molecule has 1 aromatic carbocycles. The van der Waals surface area contributed by atoms with Crippen LogP contribution >= 0.6 is 0 Å². The van der Waals surface area contributed by atoms with Crippen molar-refractivity contribution in [3.63, 3.8) is 0 Å². The number of nitrogens with zero attached hydrogens (tertiary/aromatic N) is 1. The molecule has 2 aliphatic rings. The molecule has 1 aromatic rings. The minimum Gasteiger partial charge on any atom is -0.354 e. The first-order chi connectivity index (χ1) is 7.18. The Morgan fingerprint density at radius 2 is 2.40 bits per heavy atom. The molecule has 0 bridgehead atoms. The summed E-state index contributed by atoms with van der Waals surface area (Å²) in [5.41, 5.74) is 0.815. The quantitative estimate of drug-likeness (QED) is 0.704. The Kier molecular flexibility index (Phi) is 1.81. The number of benzene rings is 1. The van der Waals surface area contributed by atoms with Gasteiger partial charge in [0.1, 0.15) is 4.90 Å². The zero-order valence-electron chi connectivity index (χ0n) is 8.10. The van der Waals surface area contributed by atoms with Crippen LogP contribution in [0.1, 0.15) is 12.8 Å². The molecule has 1 unspecified atom stereocenters. The number of sulfonamides is 1. The predicted molar refractivity (Wildman–Crippen MR) is 56.0 cm³/mol. The number of anilines is 1. The first-order valence-corrected chi connectivity index (χ1v) is 6.46. The van der Waals surface area contributed by atoms with E-state index in [9.17, 15) is 8.42 Å². The molecule has 0 saturated carbocycles. The van der Waals surface area contributed by atoms with Crippen LogP contribution in [-0.4, -0.2) is 21.1 Å². The van der Waals surface area contributed by atoms with Crippen molar-refractivity contribution in [3.8, 4) is 0 Å². The highest BCUT2D eigenvalue weighted by molar-refractivity contribution is 7.89. The number of fused-ring (bicyclic) bond motifs is 3. The summed E-state index contributed by atoms with van der Waals surface area (Å²) < 4.78 is 26.4. The van der Waals surface area contributed by atoms with Crippen molar-refractivity contribution in [2.75, 3.05) is 11.4 Å². The van der Waals surface area contributed by atoms with Crippen molar-refractivity contribution in [1.82, 2.24) is 4.72 Å². The second kappa shape index (κ2) is 2.96. The Morgan fingerprint density at radius 1 is 1.53 bits per heavy atom. The molecule has 4 nitrogen and oxygen atoms in total. The normalized spacial score (nSPS) is 27.2. The van der Waals surface area contributed by atoms with Crippen LogP contribution < -0.4 is 9.62 Å². The maximum absolute atomic E-state index is 11.9. The molecule has 1 radical (unpaired) electrons.